The van der Waals surface area contributed by atoms with Crippen LogP contribution in [-0.4, -0.2) is 38.5 Å². The Bertz CT molecular complexity index is 182. The lowest BCUT2D eigenvalue weighted by atomic mass is 10.1. The summed E-state index contributed by atoms with van der Waals surface area (Å²) in [6.07, 6.45) is 5.52. The van der Waals surface area contributed by atoms with Gasteiger partial charge in [-0.3, -0.25) is 0 Å². The van der Waals surface area contributed by atoms with Crippen molar-refractivity contribution in [1.29, 1.82) is 0 Å². The standard InChI is InChI=1S/C12H23NO2/c1-2-7-14-9-6-13-11-5-8-15-12(11)10-3-4-10/h10-13H,2-9H2,1H3. The van der Waals surface area contributed by atoms with Gasteiger partial charge in [0.15, 0.2) is 0 Å². The summed E-state index contributed by atoms with van der Waals surface area (Å²) in [5.41, 5.74) is 0. The molecule has 0 aromatic carbocycles. The lowest BCUT2D eigenvalue weighted by molar-refractivity contribution is 0.0773. The summed E-state index contributed by atoms with van der Waals surface area (Å²) in [6, 6.07) is 0.586. The minimum Gasteiger partial charge on any atom is -0.380 e. The zero-order valence-corrected chi connectivity index (χ0v) is 9.71. The lowest BCUT2D eigenvalue weighted by Gasteiger charge is -2.19. The van der Waals surface area contributed by atoms with Gasteiger partial charge >= 0.3 is 0 Å². The highest BCUT2D eigenvalue weighted by molar-refractivity contribution is 4.93. The van der Waals surface area contributed by atoms with Crippen molar-refractivity contribution in [3.8, 4) is 0 Å². The van der Waals surface area contributed by atoms with E-state index in [0.29, 0.717) is 12.1 Å². The first-order chi connectivity index (χ1) is 7.42. The van der Waals surface area contributed by atoms with Crippen molar-refractivity contribution in [2.45, 2.75) is 44.8 Å². The Balaban J connectivity index is 1.57. The quantitative estimate of drug-likeness (QED) is 0.651. The third-order valence-corrected chi connectivity index (χ3v) is 3.22. The summed E-state index contributed by atoms with van der Waals surface area (Å²) in [6.45, 7) is 5.77. The van der Waals surface area contributed by atoms with Crippen molar-refractivity contribution in [2.24, 2.45) is 5.92 Å². The van der Waals surface area contributed by atoms with Crippen LogP contribution < -0.4 is 5.32 Å². The first-order valence-corrected chi connectivity index (χ1v) is 6.34. The number of hydrogen-bond donors (Lipinski definition) is 1. The molecule has 1 aliphatic carbocycles. The molecule has 15 heavy (non-hydrogen) atoms. The zero-order valence-electron chi connectivity index (χ0n) is 9.71. The predicted molar refractivity (Wildman–Crippen MR) is 60.0 cm³/mol. The molecule has 0 spiro atoms. The maximum Gasteiger partial charge on any atom is 0.0756 e. The van der Waals surface area contributed by atoms with E-state index in [-0.39, 0.29) is 0 Å². The largest absolute Gasteiger partial charge is 0.380 e. The normalized spacial score (nSPS) is 31.0. The molecular weight excluding hydrogens is 190 g/mol. The van der Waals surface area contributed by atoms with E-state index in [4.69, 9.17) is 9.47 Å². The highest BCUT2D eigenvalue weighted by atomic mass is 16.5. The Hall–Kier alpha value is -0.120. The van der Waals surface area contributed by atoms with Gasteiger partial charge in [-0.25, -0.2) is 0 Å². The Kier molecular flexibility index (Phi) is 4.42. The summed E-state index contributed by atoms with van der Waals surface area (Å²) in [5.74, 6) is 0.849. The van der Waals surface area contributed by atoms with Crippen LogP contribution in [0.1, 0.15) is 32.6 Å². The summed E-state index contributed by atoms with van der Waals surface area (Å²) in [7, 11) is 0. The van der Waals surface area contributed by atoms with Gasteiger partial charge in [-0.05, 0) is 31.6 Å². The van der Waals surface area contributed by atoms with E-state index >= 15 is 0 Å². The molecule has 1 saturated heterocycles. The second-order valence-corrected chi connectivity index (χ2v) is 4.63. The molecule has 0 bridgehead atoms. The van der Waals surface area contributed by atoms with Crippen molar-refractivity contribution in [1.82, 2.24) is 5.32 Å². The van der Waals surface area contributed by atoms with Gasteiger partial charge in [-0.15, -0.1) is 0 Å². The molecule has 2 unspecified atom stereocenters. The molecule has 1 heterocycles. The monoisotopic (exact) mass is 213 g/mol. The molecule has 3 nitrogen and oxygen atoms in total. The van der Waals surface area contributed by atoms with Crippen LogP contribution >= 0.6 is 0 Å². The minimum atomic E-state index is 0.496. The van der Waals surface area contributed by atoms with Gasteiger partial charge < -0.3 is 14.8 Å². The number of nitrogens with one attached hydrogen (secondary N) is 1. The molecule has 1 N–H and O–H groups in total. The van der Waals surface area contributed by atoms with Crippen molar-refractivity contribution in [3.63, 3.8) is 0 Å². The minimum absolute atomic E-state index is 0.496. The fourth-order valence-corrected chi connectivity index (χ4v) is 2.28. The molecule has 2 atom stereocenters. The molecule has 1 aliphatic heterocycles. The molecule has 0 aromatic heterocycles. The van der Waals surface area contributed by atoms with E-state index in [1.807, 2.05) is 0 Å². The second-order valence-electron chi connectivity index (χ2n) is 4.63. The van der Waals surface area contributed by atoms with Crippen molar-refractivity contribution < 1.29 is 9.47 Å². The average Bonchev–Trinajstić information content (AvgIpc) is 2.99. The summed E-state index contributed by atoms with van der Waals surface area (Å²) >= 11 is 0. The molecule has 3 heteroatoms. The fraction of sp³-hybridized carbons (Fsp3) is 1.00. The van der Waals surface area contributed by atoms with E-state index in [0.717, 1.165) is 38.7 Å². The van der Waals surface area contributed by atoms with Gasteiger partial charge in [0.1, 0.15) is 0 Å². The summed E-state index contributed by atoms with van der Waals surface area (Å²) in [5, 5.41) is 3.56. The molecular formula is C12H23NO2. The van der Waals surface area contributed by atoms with Gasteiger partial charge in [0.25, 0.3) is 0 Å². The SMILES string of the molecule is CCCOCCNC1CCOC1C1CC1. The molecule has 2 fully saturated rings. The Morgan fingerprint density at radius 3 is 2.87 bits per heavy atom. The van der Waals surface area contributed by atoms with Gasteiger partial charge in [0, 0.05) is 25.8 Å². The predicted octanol–water partition coefficient (Wildman–Crippen LogP) is 1.57. The van der Waals surface area contributed by atoms with Crippen LogP contribution in [0.15, 0.2) is 0 Å². The fourth-order valence-electron chi connectivity index (χ4n) is 2.28. The van der Waals surface area contributed by atoms with Crippen LogP contribution in [0.5, 0.6) is 0 Å². The van der Waals surface area contributed by atoms with Crippen LogP contribution in [-0.2, 0) is 9.47 Å². The van der Waals surface area contributed by atoms with Crippen molar-refractivity contribution in [3.05, 3.63) is 0 Å². The highest BCUT2D eigenvalue weighted by Crippen LogP contribution is 2.38. The summed E-state index contributed by atoms with van der Waals surface area (Å²) in [4.78, 5) is 0. The second kappa shape index (κ2) is 5.83. The highest BCUT2D eigenvalue weighted by Gasteiger charge is 2.40. The van der Waals surface area contributed by atoms with Crippen LogP contribution in [0, 0.1) is 5.92 Å². The molecule has 0 aromatic rings. The molecule has 1 saturated carbocycles. The number of hydrogen-bond acceptors (Lipinski definition) is 3. The Morgan fingerprint density at radius 2 is 2.13 bits per heavy atom. The van der Waals surface area contributed by atoms with E-state index in [2.05, 4.69) is 12.2 Å². The molecule has 2 rings (SSSR count). The first-order valence-electron chi connectivity index (χ1n) is 6.34. The number of rotatable bonds is 7. The van der Waals surface area contributed by atoms with Gasteiger partial charge in [-0.2, -0.15) is 0 Å². The first kappa shape index (κ1) is 11.4. The Morgan fingerprint density at radius 1 is 1.27 bits per heavy atom. The maximum atomic E-state index is 5.76. The molecule has 0 amide bonds. The maximum absolute atomic E-state index is 5.76. The van der Waals surface area contributed by atoms with E-state index in [9.17, 15) is 0 Å². The topological polar surface area (TPSA) is 30.5 Å². The van der Waals surface area contributed by atoms with E-state index in [1.165, 1.54) is 19.3 Å². The lowest BCUT2D eigenvalue weighted by Crippen LogP contribution is -2.39. The van der Waals surface area contributed by atoms with Crippen LogP contribution in [0.25, 0.3) is 0 Å². The van der Waals surface area contributed by atoms with Crippen LogP contribution in [0.2, 0.25) is 0 Å². The van der Waals surface area contributed by atoms with Crippen molar-refractivity contribution >= 4 is 0 Å². The van der Waals surface area contributed by atoms with Crippen molar-refractivity contribution in [2.75, 3.05) is 26.4 Å². The summed E-state index contributed by atoms with van der Waals surface area (Å²) < 4.78 is 11.2. The van der Waals surface area contributed by atoms with E-state index in [1.54, 1.807) is 0 Å². The number of ether oxygens (including phenoxy) is 2. The van der Waals surface area contributed by atoms with E-state index < -0.39 is 0 Å². The Labute approximate surface area is 92.5 Å². The van der Waals surface area contributed by atoms with Crippen LogP contribution in [0.3, 0.4) is 0 Å². The molecule has 0 radical (unpaired) electrons. The average molecular weight is 213 g/mol. The molecule has 2 aliphatic rings. The smallest absolute Gasteiger partial charge is 0.0756 e. The third kappa shape index (κ3) is 3.44. The third-order valence-electron chi connectivity index (χ3n) is 3.22. The zero-order chi connectivity index (χ0) is 10.5. The van der Waals surface area contributed by atoms with Gasteiger partial charge in [0.05, 0.1) is 12.7 Å². The van der Waals surface area contributed by atoms with Gasteiger partial charge in [0.2, 0.25) is 0 Å². The van der Waals surface area contributed by atoms with Gasteiger partial charge in [-0.1, -0.05) is 6.92 Å². The molecule has 88 valence electrons. The van der Waals surface area contributed by atoms with Crippen LogP contribution in [0.4, 0.5) is 0 Å².